The Morgan fingerprint density at radius 3 is 2.39 bits per heavy atom. The summed E-state index contributed by atoms with van der Waals surface area (Å²) in [5, 5.41) is 2.90. The Balaban J connectivity index is 1.56. The van der Waals surface area contributed by atoms with Crippen molar-refractivity contribution < 1.29 is 26.4 Å². The number of benzene rings is 2. The number of anilines is 1. The van der Waals surface area contributed by atoms with Gasteiger partial charge in [-0.15, -0.1) is 0 Å². The smallest absolute Gasteiger partial charge is 0.264 e. The van der Waals surface area contributed by atoms with Gasteiger partial charge in [0.05, 0.1) is 29.5 Å². The fourth-order valence-electron chi connectivity index (χ4n) is 4.30. The lowest BCUT2D eigenvalue weighted by Gasteiger charge is -2.30. The average molecular weight is 494 g/mol. The van der Waals surface area contributed by atoms with Crippen LogP contribution >= 0.6 is 0 Å². The molecule has 178 valence electrons. The molecular formula is C22H27N3O6S2. The molecule has 2 aromatic carbocycles. The number of hydrogen-bond acceptors (Lipinski definition) is 6. The van der Waals surface area contributed by atoms with Crippen molar-refractivity contribution in [1.29, 1.82) is 0 Å². The molecule has 1 fully saturated rings. The van der Waals surface area contributed by atoms with E-state index in [0.717, 1.165) is 5.56 Å². The average Bonchev–Trinajstić information content (AvgIpc) is 3.23. The van der Waals surface area contributed by atoms with Crippen molar-refractivity contribution in [2.45, 2.75) is 30.2 Å². The Bertz CT molecular complexity index is 1270. The van der Waals surface area contributed by atoms with Crippen LogP contribution in [-0.4, -0.2) is 66.1 Å². The lowest BCUT2D eigenvalue weighted by Crippen LogP contribution is -2.46. The lowest BCUT2D eigenvalue weighted by molar-refractivity contribution is 0.0920. The minimum Gasteiger partial charge on any atom is -0.496 e. The zero-order valence-corrected chi connectivity index (χ0v) is 20.2. The van der Waals surface area contributed by atoms with Gasteiger partial charge in [-0.1, -0.05) is 18.2 Å². The fourth-order valence-corrected chi connectivity index (χ4v) is 6.71. The van der Waals surface area contributed by atoms with Gasteiger partial charge in [-0.05, 0) is 49.1 Å². The maximum atomic E-state index is 13.4. The van der Waals surface area contributed by atoms with Gasteiger partial charge in [-0.3, -0.25) is 9.10 Å². The molecule has 0 radical (unpaired) electrons. The molecule has 1 saturated heterocycles. The molecule has 0 unspecified atom stereocenters. The molecule has 2 aliphatic rings. The van der Waals surface area contributed by atoms with Gasteiger partial charge in [0, 0.05) is 25.7 Å². The molecule has 9 nitrogen and oxygen atoms in total. The van der Waals surface area contributed by atoms with Gasteiger partial charge >= 0.3 is 0 Å². The van der Waals surface area contributed by atoms with Gasteiger partial charge in [0.2, 0.25) is 10.0 Å². The second-order valence-corrected chi connectivity index (χ2v) is 12.1. The van der Waals surface area contributed by atoms with E-state index in [9.17, 15) is 21.6 Å². The number of amides is 1. The van der Waals surface area contributed by atoms with Crippen molar-refractivity contribution >= 4 is 31.6 Å². The Morgan fingerprint density at radius 2 is 1.73 bits per heavy atom. The molecule has 11 heteroatoms. The summed E-state index contributed by atoms with van der Waals surface area (Å²) >= 11 is 0. The molecule has 0 bridgehead atoms. The monoisotopic (exact) mass is 493 g/mol. The number of sulfonamides is 2. The number of piperidine rings is 1. The molecule has 0 saturated carbocycles. The highest BCUT2D eigenvalue weighted by Crippen LogP contribution is 2.34. The van der Waals surface area contributed by atoms with Gasteiger partial charge in [0.1, 0.15) is 5.75 Å². The van der Waals surface area contributed by atoms with Crippen molar-refractivity contribution in [3.8, 4) is 5.75 Å². The van der Waals surface area contributed by atoms with Crippen molar-refractivity contribution in [1.82, 2.24) is 9.62 Å². The van der Waals surface area contributed by atoms with Crippen LogP contribution in [0.1, 0.15) is 28.8 Å². The highest BCUT2D eigenvalue weighted by Gasteiger charge is 2.32. The zero-order chi connectivity index (χ0) is 23.8. The number of carbonyl (C=O) groups excluding carboxylic acids is 1. The van der Waals surface area contributed by atoms with Gasteiger partial charge < -0.3 is 10.1 Å². The normalized spacial score (nSPS) is 17.6. The van der Waals surface area contributed by atoms with Gasteiger partial charge in [0.15, 0.2) is 0 Å². The summed E-state index contributed by atoms with van der Waals surface area (Å²) < 4.78 is 58.2. The number of rotatable bonds is 6. The topological polar surface area (TPSA) is 113 Å². The Morgan fingerprint density at radius 1 is 1.03 bits per heavy atom. The van der Waals surface area contributed by atoms with E-state index in [1.165, 1.54) is 40.2 Å². The second kappa shape index (κ2) is 8.96. The zero-order valence-electron chi connectivity index (χ0n) is 18.5. The summed E-state index contributed by atoms with van der Waals surface area (Å²) in [5.41, 5.74) is 1.74. The van der Waals surface area contributed by atoms with E-state index >= 15 is 0 Å². The molecule has 2 heterocycles. The van der Waals surface area contributed by atoms with Crippen molar-refractivity contribution in [3.63, 3.8) is 0 Å². The number of nitrogens with zero attached hydrogens (tertiary/aromatic N) is 2. The molecule has 0 aliphatic carbocycles. The summed E-state index contributed by atoms with van der Waals surface area (Å²) in [5.74, 6) is -0.189. The van der Waals surface area contributed by atoms with Crippen LogP contribution in [0.2, 0.25) is 0 Å². The number of nitrogens with one attached hydrogen (secondary N) is 1. The van der Waals surface area contributed by atoms with Gasteiger partial charge in [0.25, 0.3) is 15.9 Å². The molecule has 2 aromatic rings. The van der Waals surface area contributed by atoms with E-state index in [1.54, 1.807) is 12.1 Å². The first-order chi connectivity index (χ1) is 15.6. The molecule has 1 N–H and O–H groups in total. The SMILES string of the molecule is COc1ccc(S(=O)(=O)N2CCc3ccccc32)cc1C(=O)NC1CCN(S(C)(=O)=O)CC1. The summed E-state index contributed by atoms with van der Waals surface area (Å²) in [6.45, 7) is 0.988. The second-order valence-electron chi connectivity index (χ2n) is 8.23. The summed E-state index contributed by atoms with van der Waals surface area (Å²) in [6, 6.07) is 11.4. The summed E-state index contributed by atoms with van der Waals surface area (Å²) in [4.78, 5) is 13.0. The lowest BCUT2D eigenvalue weighted by atomic mass is 10.1. The maximum Gasteiger partial charge on any atom is 0.264 e. The Hall–Kier alpha value is -2.63. The molecule has 2 aliphatic heterocycles. The van der Waals surface area contributed by atoms with Crippen molar-refractivity contribution in [3.05, 3.63) is 53.6 Å². The van der Waals surface area contributed by atoms with Crippen LogP contribution in [0.25, 0.3) is 0 Å². The highest BCUT2D eigenvalue weighted by atomic mass is 32.2. The molecule has 33 heavy (non-hydrogen) atoms. The quantitative estimate of drug-likeness (QED) is 0.654. The Kier molecular flexibility index (Phi) is 6.39. The molecule has 0 atom stereocenters. The van der Waals surface area contributed by atoms with Crippen LogP contribution in [0.4, 0.5) is 5.69 Å². The first-order valence-electron chi connectivity index (χ1n) is 10.7. The number of methoxy groups -OCH3 is 1. The highest BCUT2D eigenvalue weighted by molar-refractivity contribution is 7.92. The number of fused-ring (bicyclic) bond motifs is 1. The van der Waals surface area contributed by atoms with E-state index in [-0.39, 0.29) is 22.3 Å². The first kappa shape index (κ1) is 23.5. The minimum atomic E-state index is -3.87. The van der Waals surface area contributed by atoms with Crippen LogP contribution in [0, 0.1) is 0 Å². The van der Waals surface area contributed by atoms with Gasteiger partial charge in [-0.2, -0.15) is 0 Å². The third kappa shape index (κ3) is 4.71. The Labute approximate surface area is 194 Å². The standard InChI is InChI=1S/C22H27N3O6S2/c1-31-21-8-7-18(33(29,30)25-14-9-16-5-3-4-6-20(16)25)15-19(21)22(26)23-17-10-12-24(13-11-17)32(2,27)28/h3-8,15,17H,9-14H2,1-2H3,(H,23,26). The van der Waals surface area contributed by atoms with E-state index in [4.69, 9.17) is 4.74 Å². The minimum absolute atomic E-state index is 0.0112. The van der Waals surface area contributed by atoms with Crippen LogP contribution in [-0.2, 0) is 26.5 Å². The molecule has 0 aromatic heterocycles. The molecule has 1 amide bonds. The predicted octanol–water partition coefficient (Wildman–Crippen LogP) is 1.60. The van der Waals surface area contributed by atoms with Crippen molar-refractivity contribution in [2.24, 2.45) is 0 Å². The predicted molar refractivity (Wildman–Crippen MR) is 125 cm³/mol. The maximum absolute atomic E-state index is 13.4. The van der Waals surface area contributed by atoms with Crippen LogP contribution in [0.3, 0.4) is 0 Å². The summed E-state index contributed by atoms with van der Waals surface area (Å²) in [6.07, 6.45) is 2.75. The van der Waals surface area contributed by atoms with Gasteiger partial charge in [-0.25, -0.2) is 21.1 Å². The largest absolute Gasteiger partial charge is 0.496 e. The van der Waals surface area contributed by atoms with Crippen molar-refractivity contribution in [2.75, 3.05) is 37.3 Å². The number of ether oxygens (including phenoxy) is 1. The van der Waals surface area contributed by atoms with E-state index in [0.29, 0.717) is 44.6 Å². The van der Waals surface area contributed by atoms with Crippen LogP contribution < -0.4 is 14.4 Å². The van der Waals surface area contributed by atoms with E-state index in [1.807, 2.05) is 12.1 Å². The number of carbonyl (C=O) groups is 1. The summed E-state index contributed by atoms with van der Waals surface area (Å²) in [7, 11) is -5.71. The fraction of sp³-hybridized carbons (Fsp3) is 0.409. The van der Waals surface area contributed by atoms with E-state index in [2.05, 4.69) is 5.32 Å². The van der Waals surface area contributed by atoms with Crippen LogP contribution in [0.15, 0.2) is 47.4 Å². The third-order valence-electron chi connectivity index (χ3n) is 6.11. The molecule has 0 spiro atoms. The molecule has 4 rings (SSSR count). The number of para-hydroxylation sites is 1. The van der Waals surface area contributed by atoms with Crippen LogP contribution in [0.5, 0.6) is 5.75 Å². The molecular weight excluding hydrogens is 466 g/mol. The first-order valence-corrected chi connectivity index (χ1v) is 13.9. The number of hydrogen-bond donors (Lipinski definition) is 1. The third-order valence-corrected chi connectivity index (χ3v) is 9.22. The van der Waals surface area contributed by atoms with E-state index < -0.39 is 26.0 Å².